The van der Waals surface area contributed by atoms with Crippen LogP contribution < -0.4 is 10.6 Å². The van der Waals surface area contributed by atoms with E-state index in [0.29, 0.717) is 11.8 Å². The summed E-state index contributed by atoms with van der Waals surface area (Å²) in [7, 11) is 0. The molecule has 0 fully saturated rings. The number of benzene rings is 2. The Hall–Kier alpha value is -3.54. The van der Waals surface area contributed by atoms with Crippen LogP contribution in [0.1, 0.15) is 31.9 Å². The molecule has 0 amide bonds. The molecule has 2 heterocycles. The van der Waals surface area contributed by atoms with Crippen molar-refractivity contribution in [2.45, 2.75) is 33.1 Å². The molecule has 0 aliphatic heterocycles. The number of anilines is 4. The van der Waals surface area contributed by atoms with E-state index in [1.807, 2.05) is 43.3 Å². The van der Waals surface area contributed by atoms with E-state index in [1.165, 1.54) is 5.56 Å². The summed E-state index contributed by atoms with van der Waals surface area (Å²) in [4.78, 5) is 8.92. The molecule has 2 aromatic heterocycles. The number of fused-ring (bicyclic) bond motifs is 1. The standard InChI is InChI=1S/C23H24N6/c1-15-6-5-7-18-19(14-25-29-21(15)18)27-20-12-13-24-22(28-20)26-17-10-8-16(9-11-17)23(2,3)4/h5-14H,1-4H3,(H2,24,26,27,28,29). The topological polar surface area (TPSA) is 75.6 Å². The monoisotopic (exact) mass is 384 g/mol. The van der Waals surface area contributed by atoms with Gasteiger partial charge in [0.1, 0.15) is 5.82 Å². The molecular formula is C23H24N6. The summed E-state index contributed by atoms with van der Waals surface area (Å²) >= 11 is 0. The lowest BCUT2D eigenvalue weighted by molar-refractivity contribution is 0.590. The molecule has 146 valence electrons. The Kier molecular flexibility index (Phi) is 4.84. The van der Waals surface area contributed by atoms with Crippen LogP contribution in [0.4, 0.5) is 23.1 Å². The molecule has 0 atom stereocenters. The van der Waals surface area contributed by atoms with Gasteiger partial charge in [0, 0.05) is 17.3 Å². The van der Waals surface area contributed by atoms with Crippen LogP contribution in [0.2, 0.25) is 0 Å². The van der Waals surface area contributed by atoms with Crippen molar-refractivity contribution in [2.24, 2.45) is 0 Å². The summed E-state index contributed by atoms with van der Waals surface area (Å²) < 4.78 is 0. The van der Waals surface area contributed by atoms with Crippen LogP contribution in [0.25, 0.3) is 10.9 Å². The van der Waals surface area contributed by atoms with Gasteiger partial charge in [-0.1, -0.05) is 51.1 Å². The molecule has 6 nitrogen and oxygen atoms in total. The zero-order valence-electron chi connectivity index (χ0n) is 17.1. The summed E-state index contributed by atoms with van der Waals surface area (Å²) in [5.74, 6) is 1.21. The van der Waals surface area contributed by atoms with E-state index in [4.69, 9.17) is 0 Å². The van der Waals surface area contributed by atoms with Crippen LogP contribution in [0.15, 0.2) is 60.9 Å². The van der Waals surface area contributed by atoms with Gasteiger partial charge in [0.25, 0.3) is 0 Å². The van der Waals surface area contributed by atoms with Gasteiger partial charge in [-0.05, 0) is 41.7 Å². The van der Waals surface area contributed by atoms with Crippen molar-refractivity contribution < 1.29 is 0 Å². The van der Waals surface area contributed by atoms with Crippen molar-refractivity contribution in [1.29, 1.82) is 0 Å². The maximum absolute atomic E-state index is 4.58. The predicted molar refractivity (Wildman–Crippen MR) is 118 cm³/mol. The lowest BCUT2D eigenvalue weighted by Gasteiger charge is -2.19. The van der Waals surface area contributed by atoms with Gasteiger partial charge in [0.2, 0.25) is 5.95 Å². The van der Waals surface area contributed by atoms with Gasteiger partial charge in [-0.3, -0.25) is 0 Å². The van der Waals surface area contributed by atoms with E-state index < -0.39 is 0 Å². The van der Waals surface area contributed by atoms with E-state index in [-0.39, 0.29) is 5.41 Å². The van der Waals surface area contributed by atoms with Gasteiger partial charge in [0.15, 0.2) is 0 Å². The summed E-state index contributed by atoms with van der Waals surface area (Å²) in [6.45, 7) is 8.63. The minimum atomic E-state index is 0.124. The van der Waals surface area contributed by atoms with Gasteiger partial charge in [-0.2, -0.15) is 15.2 Å². The maximum atomic E-state index is 4.58. The Balaban J connectivity index is 1.56. The Labute approximate surface area is 170 Å². The van der Waals surface area contributed by atoms with Crippen molar-refractivity contribution >= 4 is 34.0 Å². The third-order valence-corrected chi connectivity index (χ3v) is 4.80. The van der Waals surface area contributed by atoms with Crippen molar-refractivity contribution in [3.8, 4) is 0 Å². The van der Waals surface area contributed by atoms with Crippen molar-refractivity contribution in [2.75, 3.05) is 10.6 Å². The zero-order chi connectivity index (χ0) is 20.4. The van der Waals surface area contributed by atoms with Crippen molar-refractivity contribution in [3.63, 3.8) is 0 Å². The van der Waals surface area contributed by atoms with Crippen LogP contribution in [-0.2, 0) is 5.41 Å². The third kappa shape index (κ3) is 4.16. The van der Waals surface area contributed by atoms with E-state index in [9.17, 15) is 0 Å². The first-order valence-corrected chi connectivity index (χ1v) is 9.59. The molecular weight excluding hydrogens is 360 g/mol. The van der Waals surface area contributed by atoms with E-state index in [2.05, 4.69) is 63.7 Å². The molecule has 2 aromatic carbocycles. The SMILES string of the molecule is Cc1cccc2c(Nc3ccnc(Nc4ccc(C(C)(C)C)cc4)n3)cnnc12. The predicted octanol–water partition coefficient (Wildman–Crippen LogP) is 5.51. The lowest BCUT2D eigenvalue weighted by Crippen LogP contribution is -2.10. The van der Waals surface area contributed by atoms with E-state index in [0.717, 1.165) is 27.8 Å². The van der Waals surface area contributed by atoms with Gasteiger partial charge in [-0.25, -0.2) is 4.98 Å². The first-order valence-electron chi connectivity index (χ1n) is 9.59. The maximum Gasteiger partial charge on any atom is 0.229 e. The number of hydrogen-bond donors (Lipinski definition) is 2. The third-order valence-electron chi connectivity index (χ3n) is 4.80. The average molecular weight is 384 g/mol. The van der Waals surface area contributed by atoms with Crippen LogP contribution in [0.5, 0.6) is 0 Å². The number of nitrogens with zero attached hydrogens (tertiary/aromatic N) is 4. The molecule has 0 saturated heterocycles. The molecule has 4 aromatic rings. The second-order valence-electron chi connectivity index (χ2n) is 8.07. The molecule has 0 bridgehead atoms. The molecule has 4 rings (SSSR count). The van der Waals surface area contributed by atoms with Crippen molar-refractivity contribution in [1.82, 2.24) is 20.2 Å². The summed E-state index contributed by atoms with van der Waals surface area (Å²) in [5.41, 5.74) is 5.18. The summed E-state index contributed by atoms with van der Waals surface area (Å²) in [5, 5.41) is 16.0. The Morgan fingerprint density at radius 1 is 0.897 bits per heavy atom. The number of aryl methyl sites for hydroxylation is 1. The average Bonchev–Trinajstić information content (AvgIpc) is 2.69. The highest BCUT2D eigenvalue weighted by Gasteiger charge is 2.13. The fourth-order valence-corrected chi connectivity index (χ4v) is 3.13. The number of rotatable bonds is 4. The van der Waals surface area contributed by atoms with Gasteiger partial charge < -0.3 is 10.6 Å². The lowest BCUT2D eigenvalue weighted by atomic mass is 9.87. The number of nitrogens with one attached hydrogen (secondary N) is 2. The van der Waals surface area contributed by atoms with Gasteiger partial charge in [-0.15, -0.1) is 0 Å². The fraction of sp³-hybridized carbons (Fsp3) is 0.217. The summed E-state index contributed by atoms with van der Waals surface area (Å²) in [6.07, 6.45) is 3.44. The highest BCUT2D eigenvalue weighted by molar-refractivity contribution is 5.93. The molecule has 6 heteroatoms. The van der Waals surface area contributed by atoms with Crippen LogP contribution >= 0.6 is 0 Å². The number of hydrogen-bond acceptors (Lipinski definition) is 6. The normalized spacial score (nSPS) is 11.4. The molecule has 0 aliphatic carbocycles. The van der Waals surface area contributed by atoms with Crippen LogP contribution in [0, 0.1) is 6.92 Å². The molecule has 0 radical (unpaired) electrons. The molecule has 0 unspecified atom stereocenters. The Bertz CT molecular complexity index is 1150. The fourth-order valence-electron chi connectivity index (χ4n) is 3.13. The first kappa shape index (κ1) is 18.8. The minimum Gasteiger partial charge on any atom is -0.338 e. The molecule has 0 spiro atoms. The molecule has 2 N–H and O–H groups in total. The second kappa shape index (κ2) is 7.47. The molecule has 29 heavy (non-hydrogen) atoms. The summed E-state index contributed by atoms with van der Waals surface area (Å²) in [6, 6.07) is 16.2. The van der Waals surface area contributed by atoms with Crippen LogP contribution in [0.3, 0.4) is 0 Å². The van der Waals surface area contributed by atoms with E-state index >= 15 is 0 Å². The number of aromatic nitrogens is 4. The highest BCUT2D eigenvalue weighted by atomic mass is 15.2. The quantitative estimate of drug-likeness (QED) is 0.483. The molecule has 0 aliphatic rings. The first-order chi connectivity index (χ1) is 13.9. The largest absolute Gasteiger partial charge is 0.338 e. The van der Waals surface area contributed by atoms with Crippen LogP contribution in [-0.4, -0.2) is 20.2 Å². The second-order valence-corrected chi connectivity index (χ2v) is 8.07. The zero-order valence-corrected chi connectivity index (χ0v) is 17.1. The van der Waals surface area contributed by atoms with Crippen molar-refractivity contribution in [3.05, 3.63) is 72.1 Å². The van der Waals surface area contributed by atoms with Gasteiger partial charge >= 0.3 is 0 Å². The smallest absolute Gasteiger partial charge is 0.229 e. The van der Waals surface area contributed by atoms with Gasteiger partial charge in [0.05, 0.1) is 17.4 Å². The minimum absolute atomic E-state index is 0.124. The Morgan fingerprint density at radius 2 is 1.69 bits per heavy atom. The highest BCUT2D eigenvalue weighted by Crippen LogP contribution is 2.26. The Morgan fingerprint density at radius 3 is 2.45 bits per heavy atom. The molecule has 0 saturated carbocycles. The van der Waals surface area contributed by atoms with E-state index in [1.54, 1.807) is 12.4 Å².